The molecule has 0 aliphatic heterocycles. The molecule has 0 saturated heterocycles. The fourth-order valence-electron chi connectivity index (χ4n) is 3.89. The molecular weight excluding hydrogens is 471 g/mol. The molecule has 0 aliphatic carbocycles. The Hall–Kier alpha value is -4.57. The average molecular weight is 489 g/mol. The van der Waals surface area contributed by atoms with Crippen LogP contribution in [-0.2, 0) is 6.54 Å². The van der Waals surface area contributed by atoms with Gasteiger partial charge < -0.3 is 11.1 Å². The third-order valence-corrected chi connectivity index (χ3v) is 5.83. The Bertz CT molecular complexity index is 1630. The summed E-state index contributed by atoms with van der Waals surface area (Å²) >= 11 is 6.32. The van der Waals surface area contributed by atoms with E-state index in [1.165, 1.54) is 29.2 Å². The molecule has 0 aliphatic rings. The van der Waals surface area contributed by atoms with E-state index in [9.17, 15) is 9.18 Å². The van der Waals surface area contributed by atoms with E-state index in [-0.39, 0.29) is 45.6 Å². The number of aromatic nitrogens is 5. The van der Waals surface area contributed by atoms with Gasteiger partial charge in [0.1, 0.15) is 23.8 Å². The van der Waals surface area contributed by atoms with Crippen LogP contribution in [0.25, 0.3) is 16.5 Å². The first-order valence-corrected chi connectivity index (χ1v) is 10.8. The van der Waals surface area contributed by atoms with Crippen LogP contribution in [0.15, 0.2) is 72.0 Å². The van der Waals surface area contributed by atoms with Crippen LogP contribution < -0.4 is 16.6 Å². The minimum absolute atomic E-state index is 0.0636. The first kappa shape index (κ1) is 22.2. The lowest BCUT2D eigenvalue weighted by Gasteiger charge is -2.18. The van der Waals surface area contributed by atoms with Crippen LogP contribution >= 0.6 is 11.6 Å². The van der Waals surface area contributed by atoms with Crippen LogP contribution in [0.5, 0.6) is 0 Å². The average Bonchev–Trinajstić information content (AvgIpc) is 3.38. The minimum atomic E-state index is -0.559. The van der Waals surface area contributed by atoms with Gasteiger partial charge in [-0.25, -0.2) is 14.4 Å². The van der Waals surface area contributed by atoms with Crippen molar-refractivity contribution in [2.45, 2.75) is 6.54 Å². The summed E-state index contributed by atoms with van der Waals surface area (Å²) in [6, 6.07) is 12.9. The molecular formula is C24H18ClFN8O. The van der Waals surface area contributed by atoms with E-state index in [1.807, 2.05) is 0 Å². The van der Waals surface area contributed by atoms with E-state index in [2.05, 4.69) is 25.5 Å². The molecule has 5 rings (SSSR count). The van der Waals surface area contributed by atoms with Gasteiger partial charge in [0.05, 0.1) is 40.1 Å². The largest absolute Gasteiger partial charge is 0.383 e. The van der Waals surface area contributed by atoms with E-state index < -0.39 is 11.4 Å². The number of benzene rings is 2. The predicted octanol–water partition coefficient (Wildman–Crippen LogP) is 3.91. The summed E-state index contributed by atoms with van der Waals surface area (Å²) in [5.74, 6) is -0.177. The zero-order chi connectivity index (χ0) is 24.5. The summed E-state index contributed by atoms with van der Waals surface area (Å²) in [6.07, 6.45) is 4.32. The molecule has 0 fully saturated rings. The molecule has 35 heavy (non-hydrogen) atoms. The normalized spacial score (nSPS) is 11.0. The van der Waals surface area contributed by atoms with Gasteiger partial charge in [0.2, 0.25) is 0 Å². The molecule has 2 aromatic carbocycles. The highest BCUT2D eigenvalue weighted by Crippen LogP contribution is 2.25. The highest BCUT2D eigenvalue weighted by Gasteiger charge is 2.19. The fourth-order valence-corrected chi connectivity index (χ4v) is 4.15. The standard InChI is InChI=1S/C24H18ClFN8O/c25-16-5-3-4-13-8-15(34(24(35)19(13)16)18-7-2-1-6-17(18)26)11-29-23-20(22(28)30-12-31-23)21(27)14-9-32-33-10-14/h1-10,12,27H,11H2,(H,32,33)(H3,28,29,30,31). The summed E-state index contributed by atoms with van der Waals surface area (Å²) in [5.41, 5.74) is 7.00. The summed E-state index contributed by atoms with van der Waals surface area (Å²) < 4.78 is 16.1. The number of H-pyrrole nitrogens is 1. The van der Waals surface area contributed by atoms with Gasteiger partial charge in [-0.3, -0.25) is 19.9 Å². The molecule has 0 saturated carbocycles. The number of hydrogen-bond donors (Lipinski definition) is 4. The molecule has 11 heteroatoms. The summed E-state index contributed by atoms with van der Waals surface area (Å²) in [7, 11) is 0. The SMILES string of the molecule is N=C(c1cn[nH]c1)c1c(N)ncnc1NCc1cc2cccc(Cl)c2c(=O)n1-c1ccccc1F. The van der Waals surface area contributed by atoms with Gasteiger partial charge in [-0.15, -0.1) is 0 Å². The molecule has 3 heterocycles. The maximum absolute atomic E-state index is 14.8. The zero-order valence-electron chi connectivity index (χ0n) is 18.1. The quantitative estimate of drug-likeness (QED) is 0.267. The van der Waals surface area contributed by atoms with Gasteiger partial charge in [-0.05, 0) is 29.7 Å². The lowest BCUT2D eigenvalue weighted by atomic mass is 10.1. The first-order chi connectivity index (χ1) is 17.0. The van der Waals surface area contributed by atoms with E-state index in [0.717, 1.165) is 0 Å². The van der Waals surface area contributed by atoms with Crippen LogP contribution in [0.3, 0.4) is 0 Å². The summed E-state index contributed by atoms with van der Waals surface area (Å²) in [5, 5.41) is 19.4. The van der Waals surface area contributed by atoms with E-state index >= 15 is 0 Å². The van der Waals surface area contributed by atoms with Gasteiger partial charge >= 0.3 is 0 Å². The summed E-state index contributed by atoms with van der Waals surface area (Å²) in [4.78, 5) is 21.8. The Labute approximate surface area is 202 Å². The maximum Gasteiger partial charge on any atom is 0.264 e. The van der Waals surface area contributed by atoms with Crippen molar-refractivity contribution in [1.82, 2.24) is 24.7 Å². The van der Waals surface area contributed by atoms with Gasteiger partial charge in [-0.2, -0.15) is 5.10 Å². The number of hydrogen-bond acceptors (Lipinski definition) is 7. The van der Waals surface area contributed by atoms with Gasteiger partial charge in [-0.1, -0.05) is 35.9 Å². The molecule has 0 amide bonds. The number of aromatic amines is 1. The van der Waals surface area contributed by atoms with Crippen molar-refractivity contribution in [1.29, 1.82) is 5.41 Å². The molecule has 9 nitrogen and oxygen atoms in total. The number of pyridine rings is 1. The number of nitrogens with zero attached hydrogens (tertiary/aromatic N) is 4. The van der Waals surface area contributed by atoms with E-state index in [1.54, 1.807) is 42.6 Å². The Kier molecular flexibility index (Phi) is 5.71. The second-order valence-electron chi connectivity index (χ2n) is 7.63. The van der Waals surface area contributed by atoms with Gasteiger partial charge in [0, 0.05) is 17.5 Å². The topological polar surface area (TPSA) is 138 Å². The van der Waals surface area contributed by atoms with E-state index in [0.29, 0.717) is 16.6 Å². The highest BCUT2D eigenvalue weighted by atomic mass is 35.5. The predicted molar refractivity (Wildman–Crippen MR) is 133 cm³/mol. The first-order valence-electron chi connectivity index (χ1n) is 10.5. The van der Waals surface area contributed by atoms with Crippen molar-refractivity contribution in [3.8, 4) is 5.69 Å². The van der Waals surface area contributed by atoms with Crippen LogP contribution in [0.1, 0.15) is 16.8 Å². The van der Waals surface area contributed by atoms with Crippen molar-refractivity contribution in [2.24, 2.45) is 0 Å². The lowest BCUT2D eigenvalue weighted by molar-refractivity contribution is 0.614. The Morgan fingerprint density at radius 3 is 2.80 bits per heavy atom. The highest BCUT2D eigenvalue weighted by molar-refractivity contribution is 6.35. The lowest BCUT2D eigenvalue weighted by Crippen LogP contribution is -2.25. The van der Waals surface area contributed by atoms with Crippen molar-refractivity contribution >= 4 is 39.7 Å². The Balaban J connectivity index is 1.63. The Morgan fingerprint density at radius 2 is 2.03 bits per heavy atom. The molecule has 174 valence electrons. The Morgan fingerprint density at radius 1 is 1.20 bits per heavy atom. The second-order valence-corrected chi connectivity index (χ2v) is 8.04. The molecule has 5 N–H and O–H groups in total. The molecule has 0 radical (unpaired) electrons. The van der Waals surface area contributed by atoms with Crippen molar-refractivity contribution in [2.75, 3.05) is 11.1 Å². The molecule has 0 bridgehead atoms. The number of nitrogens with two attached hydrogens (primary N) is 1. The molecule has 0 atom stereocenters. The van der Waals surface area contributed by atoms with Gasteiger partial charge in [0.15, 0.2) is 0 Å². The number of para-hydroxylation sites is 1. The van der Waals surface area contributed by atoms with Crippen LogP contribution in [0.4, 0.5) is 16.0 Å². The second kappa shape index (κ2) is 8.99. The van der Waals surface area contributed by atoms with E-state index in [4.69, 9.17) is 22.7 Å². The van der Waals surface area contributed by atoms with Crippen LogP contribution in [0.2, 0.25) is 5.02 Å². The third kappa shape index (κ3) is 4.00. The maximum atomic E-state index is 14.8. The van der Waals surface area contributed by atoms with Crippen molar-refractivity contribution < 1.29 is 4.39 Å². The van der Waals surface area contributed by atoms with Crippen LogP contribution in [-0.4, -0.2) is 30.4 Å². The zero-order valence-corrected chi connectivity index (χ0v) is 18.8. The molecule has 3 aromatic heterocycles. The molecule has 0 spiro atoms. The molecule has 0 unspecified atom stereocenters. The number of nitrogens with one attached hydrogen (secondary N) is 3. The minimum Gasteiger partial charge on any atom is -0.383 e. The number of rotatable bonds is 6. The number of anilines is 2. The van der Waals surface area contributed by atoms with Crippen molar-refractivity contribution in [3.05, 3.63) is 105 Å². The summed E-state index contributed by atoms with van der Waals surface area (Å²) in [6.45, 7) is 0.0636. The smallest absolute Gasteiger partial charge is 0.264 e. The number of nitrogen functional groups attached to an aromatic ring is 1. The monoisotopic (exact) mass is 488 g/mol. The number of fused-ring (bicyclic) bond motifs is 1. The molecule has 5 aromatic rings. The number of halogens is 2. The van der Waals surface area contributed by atoms with Crippen LogP contribution in [0, 0.1) is 11.2 Å². The fraction of sp³-hybridized carbons (Fsp3) is 0.0417. The van der Waals surface area contributed by atoms with Crippen molar-refractivity contribution in [3.63, 3.8) is 0 Å². The third-order valence-electron chi connectivity index (χ3n) is 5.52. The van der Waals surface area contributed by atoms with Gasteiger partial charge in [0.25, 0.3) is 5.56 Å².